The van der Waals surface area contributed by atoms with Crippen molar-refractivity contribution in [2.45, 2.75) is 44.1 Å². The Bertz CT molecular complexity index is 823. The van der Waals surface area contributed by atoms with Crippen LogP contribution in [0.5, 0.6) is 0 Å². The summed E-state index contributed by atoms with van der Waals surface area (Å²) in [4.78, 5) is 26.3. The van der Waals surface area contributed by atoms with Crippen molar-refractivity contribution in [1.29, 1.82) is 0 Å². The maximum Gasteiger partial charge on any atom is 0.254 e. The predicted molar refractivity (Wildman–Crippen MR) is 95.7 cm³/mol. The van der Waals surface area contributed by atoms with Crippen molar-refractivity contribution in [3.8, 4) is 0 Å². The number of thiophene rings is 1. The number of benzene rings is 1. The van der Waals surface area contributed by atoms with Crippen LogP contribution in [0.15, 0.2) is 30.3 Å². The van der Waals surface area contributed by atoms with E-state index in [1.54, 1.807) is 0 Å². The van der Waals surface area contributed by atoms with Crippen LogP contribution in [0.2, 0.25) is 0 Å². The maximum absolute atomic E-state index is 13.2. The van der Waals surface area contributed by atoms with E-state index in [1.165, 1.54) is 11.3 Å². The number of rotatable bonds is 3. The smallest absolute Gasteiger partial charge is 0.254 e. The van der Waals surface area contributed by atoms with Crippen LogP contribution in [0.3, 0.4) is 0 Å². The number of carbonyl (C=O) groups excluding carboxylic acids is 2. The number of nitrogen functional groups attached to an aromatic ring is 1. The number of fused-ring (bicyclic) bond motifs is 1. The number of ketones is 1. The van der Waals surface area contributed by atoms with Gasteiger partial charge in [-0.05, 0) is 43.7 Å². The van der Waals surface area contributed by atoms with E-state index in [0.717, 1.165) is 24.0 Å². The molecule has 1 unspecified atom stereocenters. The predicted octanol–water partition coefficient (Wildman–Crippen LogP) is 3.31. The quantitative estimate of drug-likeness (QED) is 0.900. The highest BCUT2D eigenvalue weighted by Gasteiger charge is 2.43. The van der Waals surface area contributed by atoms with Gasteiger partial charge in [0.1, 0.15) is 0 Å². The Balaban J connectivity index is 1.72. The molecule has 4 rings (SSSR count). The molecule has 2 aliphatic rings. The standard InChI is InChI=1S/C19H20N2O2S/c1-19(11-5-3-2-4-6-11)10-9-13-14(18(23)21-12-7-8-12)17(20)24-15(13)16(19)22/h2-6,12H,7-10,20H2,1H3,(H,21,23). The third-order valence-corrected chi connectivity index (χ3v) is 6.23. The van der Waals surface area contributed by atoms with Crippen LogP contribution in [0.4, 0.5) is 5.00 Å². The van der Waals surface area contributed by atoms with Crippen molar-refractivity contribution in [1.82, 2.24) is 5.32 Å². The van der Waals surface area contributed by atoms with Gasteiger partial charge in [0.05, 0.1) is 20.9 Å². The van der Waals surface area contributed by atoms with Crippen LogP contribution in [0, 0.1) is 0 Å². The SMILES string of the molecule is CC1(c2ccccc2)CCc2c(sc(N)c2C(=O)NC2CC2)C1=O. The molecule has 0 radical (unpaired) electrons. The Kier molecular flexibility index (Phi) is 3.49. The van der Waals surface area contributed by atoms with Crippen LogP contribution >= 0.6 is 11.3 Å². The number of hydrogen-bond acceptors (Lipinski definition) is 4. The topological polar surface area (TPSA) is 72.2 Å². The highest BCUT2D eigenvalue weighted by molar-refractivity contribution is 7.18. The molecule has 3 N–H and O–H groups in total. The molecule has 1 heterocycles. The van der Waals surface area contributed by atoms with Gasteiger partial charge in [-0.3, -0.25) is 9.59 Å². The van der Waals surface area contributed by atoms with Crippen molar-refractivity contribution >= 4 is 28.0 Å². The van der Waals surface area contributed by atoms with E-state index in [0.29, 0.717) is 28.3 Å². The number of nitrogens with one attached hydrogen (secondary N) is 1. The highest BCUT2D eigenvalue weighted by atomic mass is 32.1. The molecular weight excluding hydrogens is 320 g/mol. The zero-order valence-corrected chi connectivity index (χ0v) is 14.4. The van der Waals surface area contributed by atoms with Gasteiger partial charge < -0.3 is 11.1 Å². The molecule has 4 nitrogen and oxygen atoms in total. The molecule has 1 fully saturated rings. The largest absolute Gasteiger partial charge is 0.390 e. The summed E-state index contributed by atoms with van der Waals surface area (Å²) in [6, 6.07) is 10.2. The zero-order chi connectivity index (χ0) is 16.9. The lowest BCUT2D eigenvalue weighted by Gasteiger charge is -2.32. The normalized spacial score (nSPS) is 23.0. The number of Topliss-reactive ketones (excluding diaryl/α,β-unsaturated/α-hetero) is 1. The summed E-state index contributed by atoms with van der Waals surface area (Å²) in [5.74, 6) is -0.0410. The molecule has 0 saturated heterocycles. The average Bonchev–Trinajstić information content (AvgIpc) is 3.32. The van der Waals surface area contributed by atoms with Gasteiger partial charge in [-0.2, -0.15) is 0 Å². The Morgan fingerprint density at radius 2 is 2.00 bits per heavy atom. The van der Waals surface area contributed by atoms with Crippen molar-refractivity contribution in [2.24, 2.45) is 0 Å². The van der Waals surface area contributed by atoms with E-state index in [4.69, 9.17) is 5.73 Å². The molecule has 1 aromatic carbocycles. The first-order chi connectivity index (χ1) is 11.5. The monoisotopic (exact) mass is 340 g/mol. The molecule has 24 heavy (non-hydrogen) atoms. The second-order valence-electron chi connectivity index (χ2n) is 6.92. The summed E-state index contributed by atoms with van der Waals surface area (Å²) in [5, 5.41) is 3.45. The van der Waals surface area contributed by atoms with Crippen LogP contribution in [0.25, 0.3) is 0 Å². The number of amides is 1. The van der Waals surface area contributed by atoms with Crippen LogP contribution in [-0.4, -0.2) is 17.7 Å². The van der Waals surface area contributed by atoms with Gasteiger partial charge in [0, 0.05) is 6.04 Å². The van der Waals surface area contributed by atoms with E-state index in [9.17, 15) is 9.59 Å². The van der Waals surface area contributed by atoms with Crippen molar-refractivity contribution in [3.05, 3.63) is 51.9 Å². The summed E-state index contributed by atoms with van der Waals surface area (Å²) in [7, 11) is 0. The first kappa shape index (κ1) is 15.4. The first-order valence-electron chi connectivity index (χ1n) is 8.33. The second-order valence-corrected chi connectivity index (χ2v) is 7.98. The Morgan fingerprint density at radius 1 is 1.29 bits per heavy atom. The molecule has 0 aliphatic heterocycles. The Labute approximate surface area is 145 Å². The summed E-state index contributed by atoms with van der Waals surface area (Å²) >= 11 is 1.27. The number of nitrogens with two attached hydrogens (primary N) is 1. The number of carbonyl (C=O) groups is 2. The minimum absolute atomic E-state index is 0.0807. The van der Waals surface area contributed by atoms with Gasteiger partial charge in [0.25, 0.3) is 5.91 Å². The fraction of sp³-hybridized carbons (Fsp3) is 0.368. The van der Waals surface area contributed by atoms with Crippen molar-refractivity contribution in [2.75, 3.05) is 5.73 Å². The highest BCUT2D eigenvalue weighted by Crippen LogP contribution is 2.44. The van der Waals surface area contributed by atoms with E-state index >= 15 is 0 Å². The Hall–Kier alpha value is -2.14. The molecule has 0 bridgehead atoms. The average molecular weight is 340 g/mol. The third-order valence-electron chi connectivity index (χ3n) is 5.17. The van der Waals surface area contributed by atoms with Crippen molar-refractivity contribution in [3.63, 3.8) is 0 Å². The fourth-order valence-corrected chi connectivity index (χ4v) is 4.64. The van der Waals surface area contributed by atoms with E-state index in [1.807, 2.05) is 37.3 Å². The molecule has 124 valence electrons. The molecule has 1 saturated carbocycles. The lowest BCUT2D eigenvalue weighted by molar-refractivity contribution is 0.0880. The van der Waals surface area contributed by atoms with Gasteiger partial charge in [0.2, 0.25) is 0 Å². The third kappa shape index (κ3) is 2.35. The van der Waals surface area contributed by atoms with Gasteiger partial charge in [-0.25, -0.2) is 0 Å². The van der Waals surface area contributed by atoms with Gasteiger partial charge in [-0.15, -0.1) is 11.3 Å². The van der Waals surface area contributed by atoms with E-state index in [2.05, 4.69) is 5.32 Å². The Morgan fingerprint density at radius 3 is 2.67 bits per heavy atom. The first-order valence-corrected chi connectivity index (χ1v) is 9.14. The summed E-state index contributed by atoms with van der Waals surface area (Å²) in [5.41, 5.74) is 7.97. The maximum atomic E-state index is 13.2. The zero-order valence-electron chi connectivity index (χ0n) is 13.6. The van der Waals surface area contributed by atoms with Crippen molar-refractivity contribution < 1.29 is 9.59 Å². The molecule has 0 spiro atoms. The molecule has 1 amide bonds. The summed E-state index contributed by atoms with van der Waals surface area (Å²) in [6.07, 6.45) is 3.46. The lowest BCUT2D eigenvalue weighted by atomic mass is 9.70. The molecular formula is C19H20N2O2S. The second kappa shape index (κ2) is 5.45. The molecule has 1 aromatic heterocycles. The minimum atomic E-state index is -0.546. The van der Waals surface area contributed by atoms with Crippen LogP contribution < -0.4 is 11.1 Å². The molecule has 2 aliphatic carbocycles. The lowest BCUT2D eigenvalue weighted by Crippen LogP contribution is -2.37. The summed E-state index contributed by atoms with van der Waals surface area (Å²) < 4.78 is 0. The number of anilines is 1. The molecule has 5 heteroatoms. The van der Waals surface area contributed by atoms with Gasteiger partial charge in [0.15, 0.2) is 5.78 Å². The van der Waals surface area contributed by atoms with Gasteiger partial charge >= 0.3 is 0 Å². The molecule has 2 aromatic rings. The minimum Gasteiger partial charge on any atom is -0.390 e. The van der Waals surface area contributed by atoms with E-state index < -0.39 is 5.41 Å². The summed E-state index contributed by atoms with van der Waals surface area (Å²) in [6.45, 7) is 1.99. The number of hydrogen-bond donors (Lipinski definition) is 2. The van der Waals surface area contributed by atoms with E-state index in [-0.39, 0.29) is 17.7 Å². The van der Waals surface area contributed by atoms with Gasteiger partial charge in [-0.1, -0.05) is 30.3 Å². The molecule has 1 atom stereocenters. The fourth-order valence-electron chi connectivity index (χ4n) is 3.46. The van der Waals surface area contributed by atoms with Crippen LogP contribution in [-0.2, 0) is 11.8 Å². The van der Waals surface area contributed by atoms with Crippen LogP contribution in [0.1, 0.15) is 57.3 Å².